The Morgan fingerprint density at radius 2 is 2.18 bits per heavy atom. The minimum absolute atomic E-state index is 0.102. The lowest BCUT2D eigenvalue weighted by Crippen LogP contribution is -2.17. The second-order valence-electron chi connectivity index (χ2n) is 5.21. The van der Waals surface area contributed by atoms with Crippen molar-refractivity contribution in [1.29, 1.82) is 0 Å². The Balaban J connectivity index is 1.86. The summed E-state index contributed by atoms with van der Waals surface area (Å²) in [5.74, 6) is 0.0586. The van der Waals surface area contributed by atoms with E-state index in [1.54, 1.807) is 12.1 Å². The molecular weight excluding hydrogens is 280 g/mol. The van der Waals surface area contributed by atoms with Crippen molar-refractivity contribution in [2.45, 2.75) is 12.8 Å². The van der Waals surface area contributed by atoms with Gasteiger partial charge in [-0.3, -0.25) is 4.79 Å². The molecule has 5 heteroatoms. The number of phenolic OH excluding ortho intramolecular Hbond substituents is 1. The Kier molecular flexibility index (Phi) is 3.87. The molecule has 0 unspecified atom stereocenters. The maximum atomic E-state index is 12.4. The molecule has 22 heavy (non-hydrogen) atoms. The summed E-state index contributed by atoms with van der Waals surface area (Å²) in [5, 5.41) is 16.1. The lowest BCUT2D eigenvalue weighted by atomic mass is 10.0. The van der Waals surface area contributed by atoms with Crippen LogP contribution >= 0.6 is 0 Å². The molecule has 2 aromatic rings. The average molecular weight is 298 g/mol. The number of rotatable bonds is 3. The van der Waals surface area contributed by atoms with Crippen LogP contribution in [-0.2, 0) is 6.42 Å². The van der Waals surface area contributed by atoms with E-state index in [2.05, 4.69) is 16.7 Å². The molecule has 3 rings (SSSR count). The van der Waals surface area contributed by atoms with Crippen LogP contribution in [0, 0.1) is 0 Å². The quantitative estimate of drug-likeness (QED) is 0.814. The number of fused-ring (bicyclic) bond motifs is 1. The van der Waals surface area contributed by atoms with Gasteiger partial charge in [-0.2, -0.15) is 0 Å². The van der Waals surface area contributed by atoms with Crippen LogP contribution in [0.5, 0.6) is 11.5 Å². The van der Waals surface area contributed by atoms with Crippen molar-refractivity contribution >= 4 is 17.3 Å². The van der Waals surface area contributed by atoms with E-state index in [4.69, 9.17) is 4.74 Å². The molecule has 1 heterocycles. The molecule has 0 spiro atoms. The van der Waals surface area contributed by atoms with Crippen molar-refractivity contribution in [3.8, 4) is 11.5 Å². The van der Waals surface area contributed by atoms with Crippen LogP contribution in [0.1, 0.15) is 22.3 Å². The highest BCUT2D eigenvalue weighted by molar-refractivity contribution is 6.07. The lowest BCUT2D eigenvalue weighted by molar-refractivity contribution is 0.102. The van der Waals surface area contributed by atoms with Crippen molar-refractivity contribution in [1.82, 2.24) is 0 Å². The van der Waals surface area contributed by atoms with E-state index in [1.165, 1.54) is 18.7 Å². The van der Waals surface area contributed by atoms with Crippen LogP contribution in [0.2, 0.25) is 0 Å². The van der Waals surface area contributed by atoms with E-state index in [1.807, 2.05) is 12.1 Å². The smallest absolute Gasteiger partial charge is 0.259 e. The normalized spacial score (nSPS) is 13.0. The Hall–Kier alpha value is -2.69. The predicted octanol–water partition coefficient (Wildman–Crippen LogP) is 3.01. The van der Waals surface area contributed by atoms with Gasteiger partial charge in [0.1, 0.15) is 11.5 Å². The van der Waals surface area contributed by atoms with E-state index >= 15 is 0 Å². The zero-order valence-electron chi connectivity index (χ0n) is 12.3. The van der Waals surface area contributed by atoms with Gasteiger partial charge >= 0.3 is 0 Å². The first-order valence-electron chi connectivity index (χ1n) is 7.23. The monoisotopic (exact) mass is 298 g/mol. The topological polar surface area (TPSA) is 70.6 Å². The van der Waals surface area contributed by atoms with Crippen LogP contribution in [0.3, 0.4) is 0 Å². The zero-order valence-corrected chi connectivity index (χ0v) is 12.3. The molecule has 0 aliphatic carbocycles. The van der Waals surface area contributed by atoms with Gasteiger partial charge in [0.25, 0.3) is 5.91 Å². The summed E-state index contributed by atoms with van der Waals surface area (Å²) in [5.41, 5.74) is 3.12. The molecule has 3 N–H and O–H groups in total. The number of amides is 1. The molecule has 0 saturated heterocycles. The first-order chi connectivity index (χ1) is 10.7. The first kappa shape index (κ1) is 14.3. The van der Waals surface area contributed by atoms with Crippen molar-refractivity contribution in [2.75, 3.05) is 24.3 Å². The minimum atomic E-state index is -0.346. The molecule has 0 aromatic heterocycles. The molecule has 1 aliphatic rings. The third-order valence-electron chi connectivity index (χ3n) is 3.77. The molecule has 0 bridgehead atoms. The number of hydrogen-bond donors (Lipinski definition) is 3. The molecule has 5 nitrogen and oxygen atoms in total. The van der Waals surface area contributed by atoms with Gasteiger partial charge in [-0.15, -0.1) is 0 Å². The van der Waals surface area contributed by atoms with E-state index in [0.29, 0.717) is 5.75 Å². The largest absolute Gasteiger partial charge is 0.507 e. The number of hydrogen-bond acceptors (Lipinski definition) is 4. The summed E-state index contributed by atoms with van der Waals surface area (Å²) < 4.78 is 5.02. The molecule has 114 valence electrons. The summed E-state index contributed by atoms with van der Waals surface area (Å²) >= 11 is 0. The predicted molar refractivity (Wildman–Crippen MR) is 85.9 cm³/mol. The van der Waals surface area contributed by atoms with Crippen LogP contribution < -0.4 is 15.4 Å². The molecule has 0 saturated carbocycles. The van der Waals surface area contributed by atoms with Crippen molar-refractivity contribution in [2.24, 2.45) is 0 Å². The van der Waals surface area contributed by atoms with E-state index in [-0.39, 0.29) is 17.2 Å². The maximum absolute atomic E-state index is 12.4. The highest BCUT2D eigenvalue weighted by Crippen LogP contribution is 2.31. The lowest BCUT2D eigenvalue weighted by Gasteiger charge is -2.21. The van der Waals surface area contributed by atoms with Gasteiger partial charge in [-0.05, 0) is 36.6 Å². The highest BCUT2D eigenvalue weighted by atomic mass is 16.5. The molecule has 1 aliphatic heterocycles. The number of carbonyl (C=O) groups is 1. The maximum Gasteiger partial charge on any atom is 0.259 e. The van der Waals surface area contributed by atoms with Gasteiger partial charge in [0.2, 0.25) is 0 Å². The molecule has 0 radical (unpaired) electrons. The number of aromatic hydroxyl groups is 1. The van der Waals surface area contributed by atoms with Gasteiger partial charge in [0, 0.05) is 12.6 Å². The standard InChI is InChI=1S/C17H18N2O3/c1-22-12-7-8-13(15(20)10-12)17(21)19-14-6-2-4-11-5-3-9-18-16(11)14/h2,4,6-8,10,18,20H,3,5,9H2,1H3,(H,19,21). The number of anilines is 2. The number of methoxy groups -OCH3 is 1. The van der Waals surface area contributed by atoms with E-state index in [9.17, 15) is 9.90 Å². The third-order valence-corrected chi connectivity index (χ3v) is 3.77. The summed E-state index contributed by atoms with van der Waals surface area (Å²) in [6.45, 7) is 0.896. The number of para-hydroxylation sites is 1. The summed E-state index contributed by atoms with van der Waals surface area (Å²) in [6, 6.07) is 10.5. The number of aryl methyl sites for hydroxylation is 1. The fourth-order valence-corrected chi connectivity index (χ4v) is 2.63. The van der Waals surface area contributed by atoms with Gasteiger partial charge < -0.3 is 20.5 Å². The Bertz CT molecular complexity index is 713. The first-order valence-corrected chi connectivity index (χ1v) is 7.23. The summed E-state index contributed by atoms with van der Waals surface area (Å²) in [7, 11) is 1.51. The number of nitrogens with one attached hydrogen (secondary N) is 2. The minimum Gasteiger partial charge on any atom is -0.507 e. The SMILES string of the molecule is COc1ccc(C(=O)Nc2cccc3c2NCCC3)c(O)c1. The Labute approximate surface area is 128 Å². The summed E-state index contributed by atoms with van der Waals surface area (Å²) in [4.78, 5) is 12.4. The molecule has 0 fully saturated rings. The number of benzene rings is 2. The third kappa shape index (κ3) is 2.70. The van der Waals surface area contributed by atoms with Crippen LogP contribution in [0.15, 0.2) is 36.4 Å². The average Bonchev–Trinajstić information content (AvgIpc) is 2.55. The van der Waals surface area contributed by atoms with Gasteiger partial charge in [-0.1, -0.05) is 12.1 Å². The summed E-state index contributed by atoms with van der Waals surface area (Å²) in [6.07, 6.45) is 2.09. The number of phenols is 1. The van der Waals surface area contributed by atoms with Gasteiger partial charge in [0.05, 0.1) is 24.0 Å². The van der Waals surface area contributed by atoms with Gasteiger partial charge in [0.15, 0.2) is 0 Å². The van der Waals surface area contributed by atoms with Crippen molar-refractivity contribution in [3.05, 3.63) is 47.5 Å². The highest BCUT2D eigenvalue weighted by Gasteiger charge is 2.17. The van der Waals surface area contributed by atoms with Crippen LogP contribution in [-0.4, -0.2) is 24.7 Å². The second-order valence-corrected chi connectivity index (χ2v) is 5.21. The number of carbonyl (C=O) groups excluding carboxylic acids is 1. The van der Waals surface area contributed by atoms with E-state index in [0.717, 1.165) is 30.8 Å². The Morgan fingerprint density at radius 3 is 2.95 bits per heavy atom. The van der Waals surface area contributed by atoms with Crippen molar-refractivity contribution in [3.63, 3.8) is 0 Å². The second kappa shape index (κ2) is 5.97. The molecule has 1 amide bonds. The Morgan fingerprint density at radius 1 is 1.32 bits per heavy atom. The zero-order chi connectivity index (χ0) is 15.5. The molecule has 2 aromatic carbocycles. The fourth-order valence-electron chi connectivity index (χ4n) is 2.63. The number of ether oxygens (including phenoxy) is 1. The van der Waals surface area contributed by atoms with Crippen molar-refractivity contribution < 1.29 is 14.6 Å². The molecule has 0 atom stereocenters. The van der Waals surface area contributed by atoms with Crippen LogP contribution in [0.4, 0.5) is 11.4 Å². The fraction of sp³-hybridized carbons (Fsp3) is 0.235. The molecular formula is C17H18N2O3. The van der Waals surface area contributed by atoms with Crippen LogP contribution in [0.25, 0.3) is 0 Å². The van der Waals surface area contributed by atoms with E-state index < -0.39 is 0 Å². The van der Waals surface area contributed by atoms with Gasteiger partial charge in [-0.25, -0.2) is 0 Å².